The smallest absolute Gasteiger partial charge is 0.217 e. The lowest BCUT2D eigenvalue weighted by atomic mass is 10.0. The summed E-state index contributed by atoms with van der Waals surface area (Å²) >= 11 is 1.76. The summed E-state index contributed by atoms with van der Waals surface area (Å²) in [6, 6.07) is 19.1. The number of fused-ring (bicyclic) bond motifs is 3. The number of aryl methyl sites for hydroxylation is 1. The van der Waals surface area contributed by atoms with Crippen LogP contribution in [0.5, 0.6) is 5.75 Å². The summed E-state index contributed by atoms with van der Waals surface area (Å²) in [6.45, 7) is 5.17. The molecule has 0 spiro atoms. The Kier molecular flexibility index (Phi) is 5.70. The number of thiazole rings is 1. The van der Waals surface area contributed by atoms with Crippen LogP contribution in [0.4, 0.5) is 0 Å². The highest BCUT2D eigenvalue weighted by atomic mass is 32.1. The van der Waals surface area contributed by atoms with E-state index in [2.05, 4.69) is 53.2 Å². The van der Waals surface area contributed by atoms with Crippen molar-refractivity contribution in [3.8, 4) is 5.75 Å². The van der Waals surface area contributed by atoms with Gasteiger partial charge in [-0.3, -0.25) is 4.79 Å². The van der Waals surface area contributed by atoms with Gasteiger partial charge in [-0.25, -0.2) is 4.98 Å². The number of hydrogen-bond acceptors (Lipinski definition) is 4. The Balaban J connectivity index is 1.17. The molecular formula is C26H27N3O2S. The fourth-order valence-corrected chi connectivity index (χ4v) is 5.59. The van der Waals surface area contributed by atoms with E-state index < -0.39 is 0 Å². The van der Waals surface area contributed by atoms with E-state index in [-0.39, 0.29) is 11.9 Å². The predicted molar refractivity (Wildman–Crippen MR) is 129 cm³/mol. The molecule has 164 valence electrons. The number of aromatic nitrogens is 2. The van der Waals surface area contributed by atoms with Gasteiger partial charge in [-0.15, -0.1) is 11.3 Å². The zero-order valence-corrected chi connectivity index (χ0v) is 19.2. The molecule has 2 aromatic heterocycles. The van der Waals surface area contributed by atoms with E-state index in [0.717, 1.165) is 42.1 Å². The average molecular weight is 446 g/mol. The number of amides is 1. The van der Waals surface area contributed by atoms with Gasteiger partial charge in [0, 0.05) is 43.6 Å². The van der Waals surface area contributed by atoms with Gasteiger partial charge in [-0.1, -0.05) is 24.3 Å². The first kappa shape index (κ1) is 20.8. The van der Waals surface area contributed by atoms with E-state index in [0.29, 0.717) is 6.61 Å². The zero-order valence-electron chi connectivity index (χ0n) is 18.4. The quantitative estimate of drug-likeness (QED) is 0.449. The molecule has 0 aliphatic carbocycles. The number of nitrogens with zero attached hydrogens (tertiary/aromatic N) is 2. The molecule has 0 unspecified atom stereocenters. The largest absolute Gasteiger partial charge is 0.492 e. The molecule has 0 fully saturated rings. The van der Waals surface area contributed by atoms with Crippen molar-refractivity contribution in [2.75, 3.05) is 6.61 Å². The highest BCUT2D eigenvalue weighted by Gasteiger charge is 2.25. The molecule has 3 heterocycles. The van der Waals surface area contributed by atoms with Crippen LogP contribution in [-0.4, -0.2) is 28.1 Å². The van der Waals surface area contributed by atoms with Gasteiger partial charge in [0.25, 0.3) is 0 Å². The van der Waals surface area contributed by atoms with E-state index in [1.54, 1.807) is 18.3 Å². The normalized spacial score (nSPS) is 15.1. The molecule has 2 aromatic carbocycles. The van der Waals surface area contributed by atoms with Crippen LogP contribution in [0.3, 0.4) is 0 Å². The second-order valence-electron chi connectivity index (χ2n) is 8.47. The van der Waals surface area contributed by atoms with Gasteiger partial charge in [-0.2, -0.15) is 0 Å². The van der Waals surface area contributed by atoms with Gasteiger partial charge < -0.3 is 14.6 Å². The first-order valence-electron chi connectivity index (χ1n) is 11.1. The third kappa shape index (κ3) is 4.41. The fourth-order valence-electron chi connectivity index (χ4n) is 4.59. The van der Waals surface area contributed by atoms with Crippen molar-refractivity contribution in [1.82, 2.24) is 14.9 Å². The maximum absolute atomic E-state index is 11.4. The van der Waals surface area contributed by atoms with Gasteiger partial charge in [0.1, 0.15) is 12.4 Å². The Morgan fingerprint density at radius 1 is 1.19 bits per heavy atom. The summed E-state index contributed by atoms with van der Waals surface area (Å²) < 4.78 is 9.63. The molecule has 1 amide bonds. The van der Waals surface area contributed by atoms with Crippen molar-refractivity contribution in [2.24, 2.45) is 0 Å². The van der Waals surface area contributed by atoms with Crippen molar-refractivity contribution < 1.29 is 9.53 Å². The fraction of sp³-hybridized carbons (Fsp3) is 0.308. The number of carbonyl (C=O) groups is 1. The Hall–Kier alpha value is -3.12. The number of nitrogens with one attached hydrogen (secondary N) is 1. The summed E-state index contributed by atoms with van der Waals surface area (Å²) in [6.07, 6.45) is 2.59. The number of para-hydroxylation sites is 1. The number of benzene rings is 2. The summed E-state index contributed by atoms with van der Waals surface area (Å²) in [7, 11) is 0. The Labute approximate surface area is 192 Å². The van der Waals surface area contributed by atoms with Crippen LogP contribution < -0.4 is 10.1 Å². The molecule has 1 atom stereocenters. The number of carbonyl (C=O) groups excluding carboxylic acids is 1. The summed E-state index contributed by atoms with van der Waals surface area (Å²) in [5, 5.41) is 4.19. The number of rotatable bonds is 7. The molecule has 1 N–H and O–H groups in total. The molecule has 1 aliphatic rings. The summed E-state index contributed by atoms with van der Waals surface area (Å²) in [4.78, 5) is 16.1. The third-order valence-electron chi connectivity index (χ3n) is 6.01. The van der Waals surface area contributed by atoms with Gasteiger partial charge in [-0.05, 0) is 48.4 Å². The van der Waals surface area contributed by atoms with Crippen molar-refractivity contribution >= 4 is 27.5 Å². The molecule has 1 aliphatic heterocycles. The van der Waals surface area contributed by atoms with E-state index in [1.807, 2.05) is 18.2 Å². The van der Waals surface area contributed by atoms with E-state index in [1.165, 1.54) is 27.2 Å². The highest BCUT2D eigenvalue weighted by Crippen LogP contribution is 2.26. The van der Waals surface area contributed by atoms with Gasteiger partial charge in [0.15, 0.2) is 0 Å². The number of hydrogen-bond donors (Lipinski definition) is 1. The average Bonchev–Trinajstić information content (AvgIpc) is 3.24. The van der Waals surface area contributed by atoms with E-state index in [4.69, 9.17) is 9.72 Å². The van der Waals surface area contributed by atoms with Crippen LogP contribution in [0.1, 0.15) is 34.4 Å². The highest BCUT2D eigenvalue weighted by molar-refractivity contribution is 7.18. The molecule has 32 heavy (non-hydrogen) atoms. The minimum absolute atomic E-state index is 0.0385. The number of ether oxygens (including phenoxy) is 1. The van der Waals surface area contributed by atoms with Crippen molar-refractivity contribution in [2.45, 2.75) is 45.7 Å². The van der Waals surface area contributed by atoms with Crippen LogP contribution in [0.15, 0.2) is 54.6 Å². The molecule has 0 saturated carbocycles. The maximum Gasteiger partial charge on any atom is 0.217 e. The minimum atomic E-state index is 0.0385. The summed E-state index contributed by atoms with van der Waals surface area (Å²) in [5.74, 6) is 0.926. The first-order valence-corrected chi connectivity index (χ1v) is 11.9. The predicted octanol–water partition coefficient (Wildman–Crippen LogP) is 4.68. The lowest BCUT2D eigenvalue weighted by Crippen LogP contribution is -2.40. The van der Waals surface area contributed by atoms with Gasteiger partial charge >= 0.3 is 0 Å². The third-order valence-corrected chi connectivity index (χ3v) is 7.05. The standard InChI is InChI=1S/C26H27N3O2S/c1-17-13-21-15-20(27-18(2)30)16-24(17)29(21)11-12-31-22-9-7-19(8-10-22)14-26-28-23-5-3-4-6-25(23)32-26/h3-10,13,20H,11-12,14-16H2,1-2H3,(H,27,30)/t20-/m0/s1. The van der Waals surface area contributed by atoms with Crippen molar-refractivity contribution in [3.05, 3.63) is 82.1 Å². The van der Waals surface area contributed by atoms with Gasteiger partial charge in [0.05, 0.1) is 21.8 Å². The lowest BCUT2D eigenvalue weighted by Gasteiger charge is -2.26. The molecule has 5 rings (SSSR count). The van der Waals surface area contributed by atoms with Crippen molar-refractivity contribution in [3.63, 3.8) is 0 Å². The van der Waals surface area contributed by atoms with Crippen LogP contribution in [-0.2, 0) is 30.6 Å². The van der Waals surface area contributed by atoms with Crippen LogP contribution >= 0.6 is 11.3 Å². The Bertz CT molecular complexity index is 1220. The Morgan fingerprint density at radius 2 is 2.00 bits per heavy atom. The molecule has 5 nitrogen and oxygen atoms in total. The van der Waals surface area contributed by atoms with Crippen LogP contribution in [0, 0.1) is 6.92 Å². The topological polar surface area (TPSA) is 56.2 Å². The minimum Gasteiger partial charge on any atom is -0.492 e. The maximum atomic E-state index is 11.4. The molecule has 0 saturated heterocycles. The van der Waals surface area contributed by atoms with Crippen LogP contribution in [0.2, 0.25) is 0 Å². The van der Waals surface area contributed by atoms with Crippen molar-refractivity contribution in [1.29, 1.82) is 0 Å². The van der Waals surface area contributed by atoms with Crippen LogP contribution in [0.25, 0.3) is 10.2 Å². The second-order valence-corrected chi connectivity index (χ2v) is 9.58. The molecule has 0 radical (unpaired) electrons. The molecule has 4 aromatic rings. The lowest BCUT2D eigenvalue weighted by molar-refractivity contribution is -0.119. The molecule has 6 heteroatoms. The van der Waals surface area contributed by atoms with E-state index in [9.17, 15) is 4.79 Å². The molecular weight excluding hydrogens is 418 g/mol. The monoisotopic (exact) mass is 445 g/mol. The second kappa shape index (κ2) is 8.79. The molecule has 2 bridgehead atoms. The zero-order chi connectivity index (χ0) is 22.1. The SMILES string of the molecule is CC(=O)N[C@H]1Cc2cc(C)c(n2CCOc2ccc(Cc3nc4ccccc4s3)cc2)C1. The van der Waals surface area contributed by atoms with E-state index >= 15 is 0 Å². The summed E-state index contributed by atoms with van der Waals surface area (Å²) in [5.41, 5.74) is 6.19. The van der Waals surface area contributed by atoms with Gasteiger partial charge in [0.2, 0.25) is 5.91 Å². The Morgan fingerprint density at radius 3 is 2.75 bits per heavy atom. The first-order chi connectivity index (χ1) is 15.5.